The van der Waals surface area contributed by atoms with Crippen LogP contribution in [0.5, 0.6) is 0 Å². The van der Waals surface area contributed by atoms with E-state index in [-0.39, 0.29) is 12.5 Å². The molecule has 1 amide bonds. The summed E-state index contributed by atoms with van der Waals surface area (Å²) in [5, 5.41) is 8.69. The van der Waals surface area contributed by atoms with Gasteiger partial charge in [0.05, 0.1) is 6.61 Å². The number of hydrogen-bond donors (Lipinski definition) is 2. The molecule has 0 aromatic rings. The third-order valence-electron chi connectivity index (χ3n) is 1.71. The standard InChI is InChI=1S/C9H20N2O2/c1-4-11(5-6-12)8(13)7-9(2,3)10/h12H,4-7,10H2,1-3H3. The van der Waals surface area contributed by atoms with Gasteiger partial charge in [0.25, 0.3) is 0 Å². The van der Waals surface area contributed by atoms with Crippen molar-refractivity contribution in [1.82, 2.24) is 4.90 Å². The van der Waals surface area contributed by atoms with E-state index in [1.54, 1.807) is 4.90 Å². The topological polar surface area (TPSA) is 66.6 Å². The lowest BCUT2D eigenvalue weighted by Crippen LogP contribution is -2.42. The molecule has 0 saturated heterocycles. The minimum absolute atomic E-state index is 0.00375. The van der Waals surface area contributed by atoms with E-state index >= 15 is 0 Å². The number of carbonyl (C=O) groups is 1. The van der Waals surface area contributed by atoms with Crippen LogP contribution in [-0.2, 0) is 4.79 Å². The second-order valence-electron chi connectivity index (χ2n) is 3.86. The van der Waals surface area contributed by atoms with Crippen molar-refractivity contribution in [2.45, 2.75) is 32.7 Å². The molecule has 4 nitrogen and oxygen atoms in total. The molecule has 0 spiro atoms. The van der Waals surface area contributed by atoms with E-state index in [4.69, 9.17) is 10.8 Å². The molecule has 0 rings (SSSR count). The molecule has 0 fully saturated rings. The molecule has 0 saturated carbocycles. The van der Waals surface area contributed by atoms with Crippen LogP contribution in [0, 0.1) is 0 Å². The van der Waals surface area contributed by atoms with Gasteiger partial charge in [0.15, 0.2) is 0 Å². The first-order valence-corrected chi connectivity index (χ1v) is 4.58. The summed E-state index contributed by atoms with van der Waals surface area (Å²) in [7, 11) is 0. The quantitative estimate of drug-likeness (QED) is 0.636. The number of amides is 1. The average molecular weight is 188 g/mol. The summed E-state index contributed by atoms with van der Waals surface area (Å²) in [5.74, 6) is 0.00375. The molecule has 0 aliphatic carbocycles. The number of hydrogen-bond acceptors (Lipinski definition) is 3. The van der Waals surface area contributed by atoms with Crippen molar-refractivity contribution in [2.75, 3.05) is 19.7 Å². The van der Waals surface area contributed by atoms with Gasteiger partial charge in [-0.1, -0.05) is 0 Å². The van der Waals surface area contributed by atoms with Crippen molar-refractivity contribution < 1.29 is 9.90 Å². The third kappa shape index (κ3) is 5.60. The van der Waals surface area contributed by atoms with E-state index in [1.165, 1.54) is 0 Å². The van der Waals surface area contributed by atoms with Gasteiger partial charge in [0.1, 0.15) is 0 Å². The molecule has 0 atom stereocenters. The predicted molar refractivity (Wildman–Crippen MR) is 52.2 cm³/mol. The van der Waals surface area contributed by atoms with Crippen LogP contribution in [0.1, 0.15) is 27.2 Å². The molecule has 4 heteroatoms. The molecule has 0 aromatic heterocycles. The Balaban J connectivity index is 4.06. The first-order chi connectivity index (χ1) is 5.90. The third-order valence-corrected chi connectivity index (χ3v) is 1.71. The van der Waals surface area contributed by atoms with Crippen LogP contribution in [0.4, 0.5) is 0 Å². The highest BCUT2D eigenvalue weighted by molar-refractivity contribution is 5.77. The van der Waals surface area contributed by atoms with Crippen molar-refractivity contribution >= 4 is 5.91 Å². The highest BCUT2D eigenvalue weighted by atomic mass is 16.3. The summed E-state index contributed by atoms with van der Waals surface area (Å²) in [6.07, 6.45) is 0.320. The fourth-order valence-electron chi connectivity index (χ4n) is 1.08. The summed E-state index contributed by atoms with van der Waals surface area (Å²) in [6.45, 7) is 6.54. The van der Waals surface area contributed by atoms with E-state index < -0.39 is 5.54 Å². The van der Waals surface area contributed by atoms with Gasteiger partial charge in [-0.3, -0.25) is 4.79 Å². The molecule has 0 aromatic carbocycles. The van der Waals surface area contributed by atoms with Crippen molar-refractivity contribution in [3.63, 3.8) is 0 Å². The van der Waals surface area contributed by atoms with Gasteiger partial charge < -0.3 is 15.7 Å². The lowest BCUT2D eigenvalue weighted by Gasteiger charge is -2.24. The van der Waals surface area contributed by atoms with Crippen molar-refractivity contribution in [3.05, 3.63) is 0 Å². The van der Waals surface area contributed by atoms with Crippen LogP contribution in [-0.4, -0.2) is 41.1 Å². The molecule has 13 heavy (non-hydrogen) atoms. The molecule has 3 N–H and O–H groups in total. The Bertz CT molecular complexity index is 163. The molecule has 0 radical (unpaired) electrons. The van der Waals surface area contributed by atoms with Crippen LogP contribution in [0.15, 0.2) is 0 Å². The highest BCUT2D eigenvalue weighted by Crippen LogP contribution is 2.06. The average Bonchev–Trinajstić information content (AvgIpc) is 1.96. The van der Waals surface area contributed by atoms with Crippen molar-refractivity contribution in [2.24, 2.45) is 5.73 Å². The fraction of sp³-hybridized carbons (Fsp3) is 0.889. The zero-order chi connectivity index (χ0) is 10.5. The van der Waals surface area contributed by atoms with Gasteiger partial charge in [0, 0.05) is 25.0 Å². The second-order valence-corrected chi connectivity index (χ2v) is 3.86. The Labute approximate surface area is 79.7 Å². The van der Waals surface area contributed by atoms with Gasteiger partial charge in [-0.25, -0.2) is 0 Å². The molecule has 0 heterocycles. The Morgan fingerprint density at radius 2 is 2.08 bits per heavy atom. The molecule has 78 valence electrons. The van der Waals surface area contributed by atoms with Crippen molar-refractivity contribution in [1.29, 1.82) is 0 Å². The van der Waals surface area contributed by atoms with Gasteiger partial charge >= 0.3 is 0 Å². The Hall–Kier alpha value is -0.610. The molecule has 0 aliphatic rings. The highest BCUT2D eigenvalue weighted by Gasteiger charge is 2.19. The number of rotatable bonds is 5. The lowest BCUT2D eigenvalue weighted by atomic mass is 10.0. The number of nitrogens with two attached hydrogens (primary N) is 1. The number of aliphatic hydroxyl groups is 1. The maximum absolute atomic E-state index is 11.5. The summed E-state index contributed by atoms with van der Waals surface area (Å²) in [4.78, 5) is 13.1. The number of likely N-dealkylation sites (N-methyl/N-ethyl adjacent to an activating group) is 1. The molecule has 0 aliphatic heterocycles. The molecular formula is C9H20N2O2. The first kappa shape index (κ1) is 12.4. The smallest absolute Gasteiger partial charge is 0.224 e. The monoisotopic (exact) mass is 188 g/mol. The van der Waals surface area contributed by atoms with Gasteiger partial charge in [-0.2, -0.15) is 0 Å². The zero-order valence-corrected chi connectivity index (χ0v) is 8.71. The Kier molecular flexibility index (Phi) is 4.95. The van der Waals surface area contributed by atoms with E-state index in [0.29, 0.717) is 19.5 Å². The Morgan fingerprint density at radius 1 is 1.54 bits per heavy atom. The largest absolute Gasteiger partial charge is 0.395 e. The first-order valence-electron chi connectivity index (χ1n) is 4.58. The predicted octanol–water partition coefficient (Wildman–Crippen LogP) is -0.0454. The fourth-order valence-corrected chi connectivity index (χ4v) is 1.08. The number of carbonyl (C=O) groups excluding carboxylic acids is 1. The second kappa shape index (κ2) is 5.19. The summed E-state index contributed by atoms with van der Waals surface area (Å²) >= 11 is 0. The molecular weight excluding hydrogens is 168 g/mol. The van der Waals surface area contributed by atoms with E-state index in [1.807, 2.05) is 20.8 Å². The summed E-state index contributed by atoms with van der Waals surface area (Å²) < 4.78 is 0. The normalized spacial score (nSPS) is 11.5. The van der Waals surface area contributed by atoms with E-state index in [9.17, 15) is 4.79 Å². The van der Waals surface area contributed by atoms with Gasteiger partial charge in [-0.15, -0.1) is 0 Å². The maximum Gasteiger partial charge on any atom is 0.224 e. The van der Waals surface area contributed by atoms with E-state index in [2.05, 4.69) is 0 Å². The summed E-state index contributed by atoms with van der Waals surface area (Å²) in [5.41, 5.74) is 5.24. The van der Waals surface area contributed by atoms with Crippen LogP contribution in [0.3, 0.4) is 0 Å². The SMILES string of the molecule is CCN(CCO)C(=O)CC(C)(C)N. The maximum atomic E-state index is 11.5. The van der Waals surface area contributed by atoms with Gasteiger partial charge in [-0.05, 0) is 20.8 Å². The van der Waals surface area contributed by atoms with Crippen LogP contribution in [0.25, 0.3) is 0 Å². The minimum atomic E-state index is -0.472. The number of nitrogens with zero attached hydrogens (tertiary/aromatic N) is 1. The Morgan fingerprint density at radius 3 is 2.38 bits per heavy atom. The van der Waals surface area contributed by atoms with Crippen LogP contribution >= 0.6 is 0 Å². The lowest BCUT2D eigenvalue weighted by molar-refractivity contribution is -0.132. The zero-order valence-electron chi connectivity index (χ0n) is 8.71. The van der Waals surface area contributed by atoms with E-state index in [0.717, 1.165) is 0 Å². The molecule has 0 unspecified atom stereocenters. The van der Waals surface area contributed by atoms with Gasteiger partial charge in [0.2, 0.25) is 5.91 Å². The van der Waals surface area contributed by atoms with Crippen LogP contribution in [0.2, 0.25) is 0 Å². The number of aliphatic hydroxyl groups excluding tert-OH is 1. The summed E-state index contributed by atoms with van der Waals surface area (Å²) in [6, 6.07) is 0. The van der Waals surface area contributed by atoms with Crippen molar-refractivity contribution in [3.8, 4) is 0 Å². The molecule has 0 bridgehead atoms. The minimum Gasteiger partial charge on any atom is -0.395 e. The van der Waals surface area contributed by atoms with Crippen LogP contribution < -0.4 is 5.73 Å².